The number of hydrazone groups is 1. The molecule has 1 heterocycles. The van der Waals surface area contributed by atoms with Crippen LogP contribution in [0.5, 0.6) is 11.5 Å². The zero-order valence-corrected chi connectivity index (χ0v) is 18.2. The minimum absolute atomic E-state index is 0.142. The van der Waals surface area contributed by atoms with E-state index in [9.17, 15) is 9.59 Å². The Morgan fingerprint density at radius 2 is 1.66 bits per heavy atom. The molecular formula is C24H17ClN2O4S. The van der Waals surface area contributed by atoms with Crippen molar-refractivity contribution in [1.29, 1.82) is 0 Å². The molecule has 4 aromatic rings. The molecule has 3 aromatic carbocycles. The summed E-state index contributed by atoms with van der Waals surface area (Å²) in [7, 11) is 0. The third-order valence-electron chi connectivity index (χ3n) is 4.33. The Labute approximate surface area is 193 Å². The molecule has 0 spiro atoms. The van der Waals surface area contributed by atoms with Crippen molar-refractivity contribution in [1.82, 2.24) is 5.43 Å². The summed E-state index contributed by atoms with van der Waals surface area (Å²) >= 11 is 7.62. The summed E-state index contributed by atoms with van der Waals surface area (Å²) in [5.74, 6) is 0.0915. The van der Waals surface area contributed by atoms with Crippen molar-refractivity contribution < 1.29 is 19.1 Å². The second-order valence-electron chi connectivity index (χ2n) is 6.59. The van der Waals surface area contributed by atoms with Gasteiger partial charge in [0.25, 0.3) is 5.91 Å². The predicted molar refractivity (Wildman–Crippen MR) is 126 cm³/mol. The Hall–Kier alpha value is -3.68. The fourth-order valence-corrected chi connectivity index (χ4v) is 4.18. The number of benzene rings is 3. The van der Waals surface area contributed by atoms with Crippen molar-refractivity contribution in [2.45, 2.75) is 0 Å². The lowest BCUT2D eigenvalue weighted by Crippen LogP contribution is -2.24. The molecule has 0 aliphatic carbocycles. The molecule has 0 aliphatic rings. The first kappa shape index (κ1) is 21.5. The van der Waals surface area contributed by atoms with Gasteiger partial charge in [0, 0.05) is 10.1 Å². The van der Waals surface area contributed by atoms with Crippen molar-refractivity contribution >= 4 is 51.1 Å². The van der Waals surface area contributed by atoms with E-state index < -0.39 is 5.97 Å². The van der Waals surface area contributed by atoms with Crippen LogP contribution in [0.1, 0.15) is 15.2 Å². The topological polar surface area (TPSA) is 77.0 Å². The highest BCUT2D eigenvalue weighted by atomic mass is 35.5. The highest BCUT2D eigenvalue weighted by molar-refractivity contribution is 7.21. The molecule has 8 heteroatoms. The Kier molecular flexibility index (Phi) is 6.79. The minimum atomic E-state index is -0.511. The molecule has 4 rings (SSSR count). The van der Waals surface area contributed by atoms with Gasteiger partial charge < -0.3 is 9.47 Å². The number of nitrogens with zero attached hydrogens (tertiary/aromatic N) is 1. The van der Waals surface area contributed by atoms with Gasteiger partial charge in [-0.25, -0.2) is 10.2 Å². The van der Waals surface area contributed by atoms with Gasteiger partial charge in [-0.05, 0) is 48.0 Å². The molecule has 1 amide bonds. The van der Waals surface area contributed by atoms with Crippen LogP contribution in [0.25, 0.3) is 10.1 Å². The van der Waals surface area contributed by atoms with Crippen LogP contribution < -0.4 is 14.9 Å². The molecule has 1 aromatic heterocycles. The number of amides is 1. The van der Waals surface area contributed by atoms with Crippen molar-refractivity contribution in [3.05, 3.63) is 94.3 Å². The number of hydrogen-bond donors (Lipinski definition) is 1. The van der Waals surface area contributed by atoms with Crippen LogP contribution in [0.15, 0.2) is 84.0 Å². The van der Waals surface area contributed by atoms with E-state index in [1.807, 2.05) is 42.5 Å². The molecule has 0 bridgehead atoms. The van der Waals surface area contributed by atoms with Crippen LogP contribution in [0.2, 0.25) is 5.02 Å². The van der Waals surface area contributed by atoms with Gasteiger partial charge in [0.15, 0.2) is 6.61 Å². The summed E-state index contributed by atoms with van der Waals surface area (Å²) in [6.07, 6.45) is 1.48. The van der Waals surface area contributed by atoms with Crippen molar-refractivity contribution in [3.8, 4) is 11.5 Å². The zero-order valence-electron chi connectivity index (χ0n) is 16.7. The number of fused-ring (bicyclic) bond motifs is 1. The maximum absolute atomic E-state index is 12.5. The number of hydrogen-bond acceptors (Lipinski definition) is 6. The molecule has 0 unspecified atom stereocenters. The number of thiophene rings is 1. The summed E-state index contributed by atoms with van der Waals surface area (Å²) < 4.78 is 11.7. The van der Waals surface area contributed by atoms with E-state index >= 15 is 0 Å². The summed E-state index contributed by atoms with van der Waals surface area (Å²) in [6, 6.07) is 23.3. The SMILES string of the molecule is O=C(COc1ccccc1)NN=Cc1ccc(OC(=O)c2sc3ccccc3c2Cl)cc1. The summed E-state index contributed by atoms with van der Waals surface area (Å²) in [4.78, 5) is 24.7. The number of carbonyl (C=O) groups is 2. The third-order valence-corrected chi connectivity index (χ3v) is 5.98. The minimum Gasteiger partial charge on any atom is -0.484 e. The van der Waals surface area contributed by atoms with Gasteiger partial charge >= 0.3 is 5.97 Å². The van der Waals surface area contributed by atoms with Crippen LogP contribution in [0.4, 0.5) is 0 Å². The number of esters is 1. The average molecular weight is 465 g/mol. The molecule has 0 radical (unpaired) electrons. The monoisotopic (exact) mass is 464 g/mol. The van der Waals surface area contributed by atoms with E-state index in [4.69, 9.17) is 21.1 Å². The van der Waals surface area contributed by atoms with Crippen molar-refractivity contribution in [3.63, 3.8) is 0 Å². The maximum atomic E-state index is 12.5. The molecule has 6 nitrogen and oxygen atoms in total. The van der Waals surface area contributed by atoms with Gasteiger partial charge in [-0.2, -0.15) is 5.10 Å². The van der Waals surface area contributed by atoms with E-state index in [2.05, 4.69) is 10.5 Å². The summed E-state index contributed by atoms with van der Waals surface area (Å²) in [5, 5.41) is 5.12. The molecular weight excluding hydrogens is 448 g/mol. The first-order valence-electron chi connectivity index (χ1n) is 9.59. The Bertz CT molecular complexity index is 1270. The van der Waals surface area contributed by atoms with Crippen LogP contribution in [0, 0.1) is 0 Å². The van der Waals surface area contributed by atoms with Gasteiger partial charge in [0.05, 0.1) is 11.2 Å². The molecule has 0 saturated carbocycles. The normalized spacial score (nSPS) is 10.9. The second kappa shape index (κ2) is 10.1. The van der Waals surface area contributed by atoms with Gasteiger partial charge in [0.2, 0.25) is 0 Å². The zero-order chi connectivity index (χ0) is 22.3. The molecule has 0 aliphatic heterocycles. The maximum Gasteiger partial charge on any atom is 0.355 e. The highest BCUT2D eigenvalue weighted by Gasteiger charge is 2.18. The van der Waals surface area contributed by atoms with Crippen molar-refractivity contribution in [2.24, 2.45) is 5.10 Å². The van der Waals surface area contributed by atoms with Gasteiger partial charge in [-0.3, -0.25) is 4.79 Å². The molecule has 160 valence electrons. The number of carbonyl (C=O) groups excluding carboxylic acids is 2. The van der Waals surface area contributed by atoms with Gasteiger partial charge in [-0.15, -0.1) is 11.3 Å². The largest absolute Gasteiger partial charge is 0.484 e. The molecule has 0 fully saturated rings. The number of nitrogens with one attached hydrogen (secondary N) is 1. The van der Waals surface area contributed by atoms with E-state index in [0.717, 1.165) is 10.1 Å². The van der Waals surface area contributed by atoms with Gasteiger partial charge in [-0.1, -0.05) is 48.0 Å². The number of para-hydroxylation sites is 1. The highest BCUT2D eigenvalue weighted by Crippen LogP contribution is 2.35. The summed E-state index contributed by atoms with van der Waals surface area (Å²) in [5.41, 5.74) is 3.11. The second-order valence-corrected chi connectivity index (χ2v) is 8.02. The molecule has 1 N–H and O–H groups in total. The van der Waals surface area contributed by atoms with E-state index in [0.29, 0.717) is 27.0 Å². The molecule has 32 heavy (non-hydrogen) atoms. The lowest BCUT2D eigenvalue weighted by molar-refractivity contribution is -0.123. The van der Waals surface area contributed by atoms with E-state index in [1.54, 1.807) is 36.4 Å². The first-order valence-corrected chi connectivity index (χ1v) is 10.8. The van der Waals surface area contributed by atoms with Crippen LogP contribution >= 0.6 is 22.9 Å². The van der Waals surface area contributed by atoms with Crippen LogP contribution in [-0.4, -0.2) is 24.7 Å². The fourth-order valence-electron chi connectivity index (χ4n) is 2.80. The van der Waals surface area contributed by atoms with Crippen LogP contribution in [-0.2, 0) is 4.79 Å². The summed E-state index contributed by atoms with van der Waals surface area (Å²) in [6.45, 7) is -0.142. The smallest absolute Gasteiger partial charge is 0.355 e. The Morgan fingerprint density at radius 3 is 2.41 bits per heavy atom. The fraction of sp³-hybridized carbons (Fsp3) is 0.0417. The first-order chi connectivity index (χ1) is 15.6. The number of halogens is 1. The standard InChI is InChI=1S/C24H17ClN2O4S/c25-22-19-8-4-5-9-20(19)32-23(22)24(29)31-18-12-10-16(11-13-18)14-26-27-21(28)15-30-17-6-2-1-3-7-17/h1-14H,15H2,(H,27,28). The van der Waals surface area contributed by atoms with Crippen LogP contribution in [0.3, 0.4) is 0 Å². The van der Waals surface area contributed by atoms with E-state index in [-0.39, 0.29) is 12.5 Å². The lowest BCUT2D eigenvalue weighted by atomic mass is 10.2. The Morgan fingerprint density at radius 1 is 0.938 bits per heavy atom. The van der Waals surface area contributed by atoms with Gasteiger partial charge in [0.1, 0.15) is 16.4 Å². The Balaban J connectivity index is 1.30. The number of rotatable bonds is 7. The molecule has 0 atom stereocenters. The van der Waals surface area contributed by atoms with Crippen molar-refractivity contribution in [2.75, 3.05) is 6.61 Å². The number of ether oxygens (including phenoxy) is 2. The third kappa shape index (κ3) is 5.32. The molecule has 0 saturated heterocycles. The lowest BCUT2D eigenvalue weighted by Gasteiger charge is -2.04. The quantitative estimate of drug-likeness (QED) is 0.174. The van der Waals surface area contributed by atoms with E-state index in [1.165, 1.54) is 17.6 Å². The predicted octanol–water partition coefficient (Wildman–Crippen LogP) is 5.30. The average Bonchev–Trinajstić information content (AvgIpc) is 3.16.